The molecule has 0 bridgehead atoms. The minimum Gasteiger partial charge on any atom is -0.851 e. The first-order valence-electron chi connectivity index (χ1n) is 14.3. The zero-order chi connectivity index (χ0) is 28.5. The second-order valence-corrected chi connectivity index (χ2v) is 13.0. The van der Waals surface area contributed by atoms with E-state index in [0.29, 0.717) is 0 Å². The normalized spacial score (nSPS) is 26.4. The fourth-order valence-corrected chi connectivity index (χ4v) is 7.50. The lowest BCUT2D eigenvalue weighted by molar-refractivity contribution is -0.535. The van der Waals surface area contributed by atoms with Crippen LogP contribution in [0.5, 0.6) is 0 Å². The maximum absolute atomic E-state index is 14.3. The third-order valence-corrected chi connectivity index (χ3v) is 10.9. The van der Waals surface area contributed by atoms with Crippen molar-refractivity contribution in [2.45, 2.75) is 63.1 Å². The minimum absolute atomic E-state index is 0.309. The molecule has 0 amide bonds. The summed E-state index contributed by atoms with van der Waals surface area (Å²) in [6.45, 7) is 8.74. The van der Waals surface area contributed by atoms with E-state index < -0.39 is 24.0 Å². The Morgan fingerprint density at radius 3 is 1.27 bits per heavy atom. The van der Waals surface area contributed by atoms with Crippen molar-refractivity contribution in [2.24, 2.45) is 0 Å². The maximum Gasteiger partial charge on any atom is 0.106 e. The predicted octanol–water partition coefficient (Wildman–Crippen LogP) is 4.58. The molecule has 0 radical (unpaired) electrons. The van der Waals surface area contributed by atoms with Crippen LogP contribution < -0.4 is 29.8 Å². The summed E-state index contributed by atoms with van der Waals surface area (Å²) in [6.07, 6.45) is -2.03. The average molecular weight is 535 g/mol. The number of hydrogen-bond acceptors (Lipinski definition) is 6. The van der Waals surface area contributed by atoms with Crippen molar-refractivity contribution in [3.05, 3.63) is 71.8 Å². The zero-order valence-corrected chi connectivity index (χ0v) is 24.7. The first-order chi connectivity index (χ1) is 18.9. The molecule has 0 spiro atoms. The SMILES string of the molecule is CN1c2cccc3ccc(C4C([O-])C(c5ccc6cccc7c6c5N(C)C(C)(C)N7C)C4[O-])c(c23)N(C)C1(C)C. The Kier molecular flexibility index (Phi) is 5.13. The summed E-state index contributed by atoms with van der Waals surface area (Å²) >= 11 is 0. The van der Waals surface area contributed by atoms with Gasteiger partial charge in [-0.2, -0.15) is 0 Å². The molecule has 6 heteroatoms. The van der Waals surface area contributed by atoms with Crippen molar-refractivity contribution >= 4 is 44.3 Å². The van der Waals surface area contributed by atoms with E-state index in [9.17, 15) is 10.2 Å². The van der Waals surface area contributed by atoms with Gasteiger partial charge >= 0.3 is 0 Å². The molecular weight excluding hydrogens is 496 g/mol. The van der Waals surface area contributed by atoms with Crippen molar-refractivity contribution in [1.82, 2.24) is 0 Å². The Balaban J connectivity index is 1.38. The highest BCUT2D eigenvalue weighted by molar-refractivity contribution is 6.08. The van der Waals surface area contributed by atoms with E-state index in [2.05, 4.69) is 124 Å². The largest absolute Gasteiger partial charge is 0.851 e. The molecule has 1 aliphatic carbocycles. The van der Waals surface area contributed by atoms with Crippen LogP contribution in [0.3, 0.4) is 0 Å². The van der Waals surface area contributed by atoms with Gasteiger partial charge in [-0.25, -0.2) is 0 Å². The highest BCUT2D eigenvalue weighted by atomic mass is 16.3. The summed E-state index contributed by atoms with van der Waals surface area (Å²) < 4.78 is 0. The molecule has 2 heterocycles. The summed E-state index contributed by atoms with van der Waals surface area (Å²) in [6, 6.07) is 20.9. The van der Waals surface area contributed by atoms with Gasteiger partial charge in [0, 0.05) is 50.3 Å². The van der Waals surface area contributed by atoms with Gasteiger partial charge in [0.1, 0.15) is 11.3 Å². The molecule has 1 saturated carbocycles. The molecule has 1 fully saturated rings. The second-order valence-electron chi connectivity index (χ2n) is 13.0. The van der Waals surface area contributed by atoms with Crippen LogP contribution in [0.2, 0.25) is 0 Å². The van der Waals surface area contributed by atoms with E-state index in [0.717, 1.165) is 55.4 Å². The average Bonchev–Trinajstić information content (AvgIpc) is 2.93. The van der Waals surface area contributed by atoms with Crippen LogP contribution in [-0.4, -0.2) is 51.7 Å². The number of rotatable bonds is 2. The third kappa shape index (κ3) is 2.96. The topological polar surface area (TPSA) is 59.1 Å². The fraction of sp³-hybridized carbons (Fsp3) is 0.412. The van der Waals surface area contributed by atoms with Crippen LogP contribution in [-0.2, 0) is 0 Å². The highest BCUT2D eigenvalue weighted by Gasteiger charge is 2.46. The molecule has 0 atom stereocenters. The van der Waals surface area contributed by atoms with E-state index in [1.807, 2.05) is 12.1 Å². The Morgan fingerprint density at radius 1 is 0.525 bits per heavy atom. The summed E-state index contributed by atoms with van der Waals surface area (Å²) in [4.78, 5) is 9.07. The Hall–Kier alpha value is -3.48. The Bertz CT molecular complexity index is 1560. The van der Waals surface area contributed by atoms with Gasteiger partial charge < -0.3 is 29.8 Å². The molecule has 0 aromatic heterocycles. The van der Waals surface area contributed by atoms with E-state index in [-0.39, 0.29) is 11.3 Å². The highest BCUT2D eigenvalue weighted by Crippen LogP contribution is 2.56. The van der Waals surface area contributed by atoms with E-state index >= 15 is 0 Å². The van der Waals surface area contributed by atoms with Crippen LogP contribution in [0.4, 0.5) is 22.7 Å². The number of benzene rings is 4. The molecule has 2 aliphatic heterocycles. The minimum atomic E-state index is -1.02. The molecular formula is C34H38N4O2-2. The molecule has 0 saturated heterocycles. The van der Waals surface area contributed by atoms with Crippen molar-refractivity contribution in [1.29, 1.82) is 0 Å². The van der Waals surface area contributed by atoms with Gasteiger partial charge in [-0.1, -0.05) is 48.5 Å². The first-order valence-corrected chi connectivity index (χ1v) is 14.3. The molecule has 0 N–H and O–H groups in total. The summed E-state index contributed by atoms with van der Waals surface area (Å²) in [5, 5.41) is 33.1. The van der Waals surface area contributed by atoms with Crippen LogP contribution in [0, 0.1) is 0 Å². The monoisotopic (exact) mass is 534 g/mol. The lowest BCUT2D eigenvalue weighted by atomic mass is 9.62. The number of anilines is 4. The van der Waals surface area contributed by atoms with Crippen LogP contribution in [0.25, 0.3) is 21.5 Å². The van der Waals surface area contributed by atoms with Crippen LogP contribution in [0.1, 0.15) is 50.7 Å². The predicted molar refractivity (Wildman–Crippen MR) is 163 cm³/mol. The van der Waals surface area contributed by atoms with Crippen LogP contribution >= 0.6 is 0 Å². The van der Waals surface area contributed by atoms with E-state index in [1.54, 1.807) is 0 Å². The van der Waals surface area contributed by atoms with Gasteiger partial charge in [-0.05, 0) is 73.6 Å². The first kappa shape index (κ1) is 25.5. The van der Waals surface area contributed by atoms with Crippen molar-refractivity contribution in [3.63, 3.8) is 0 Å². The van der Waals surface area contributed by atoms with Gasteiger partial charge in [-0.15, -0.1) is 12.2 Å². The summed E-state index contributed by atoms with van der Waals surface area (Å²) in [5.74, 6) is -1.19. The zero-order valence-electron chi connectivity index (χ0n) is 24.7. The third-order valence-electron chi connectivity index (χ3n) is 10.9. The van der Waals surface area contributed by atoms with Gasteiger partial charge in [0.2, 0.25) is 0 Å². The Labute approximate surface area is 237 Å². The summed E-state index contributed by atoms with van der Waals surface area (Å²) in [5.41, 5.74) is 5.50. The van der Waals surface area contributed by atoms with Crippen molar-refractivity contribution in [3.8, 4) is 0 Å². The molecule has 40 heavy (non-hydrogen) atoms. The van der Waals surface area contributed by atoms with Gasteiger partial charge in [0.15, 0.2) is 0 Å². The molecule has 0 unspecified atom stereocenters. The van der Waals surface area contributed by atoms with Crippen molar-refractivity contribution < 1.29 is 10.2 Å². The van der Waals surface area contributed by atoms with Gasteiger partial charge in [0.05, 0.1) is 11.4 Å². The quantitative estimate of drug-likeness (QED) is 0.375. The standard InChI is InChI=1S/C34H38N4O2/c1-33(2)35(5)23-13-9-11-19-15-17-21(29(25(19)23)37(33)7)27-31(39)28(32(27)40)22-18-16-20-12-10-14-24-26(20)30(22)38(8)34(3,4)36(24)6/h9-18,27-28,31-32H,1-8H3/q-2. The number of nitrogens with zero attached hydrogens (tertiary/aromatic N) is 4. The second kappa shape index (κ2) is 8.05. The van der Waals surface area contributed by atoms with Gasteiger partial charge in [-0.3, -0.25) is 0 Å². The van der Waals surface area contributed by atoms with Crippen LogP contribution in [0.15, 0.2) is 60.7 Å². The maximum atomic E-state index is 14.3. The van der Waals surface area contributed by atoms with E-state index in [1.165, 1.54) is 0 Å². The van der Waals surface area contributed by atoms with Crippen molar-refractivity contribution in [2.75, 3.05) is 47.8 Å². The molecule has 208 valence electrons. The Morgan fingerprint density at radius 2 is 0.900 bits per heavy atom. The summed E-state index contributed by atoms with van der Waals surface area (Å²) in [7, 11) is 8.40. The fourth-order valence-electron chi connectivity index (χ4n) is 7.50. The molecule has 4 aromatic rings. The molecule has 6 nitrogen and oxygen atoms in total. The van der Waals surface area contributed by atoms with E-state index in [4.69, 9.17) is 0 Å². The lowest BCUT2D eigenvalue weighted by Gasteiger charge is -2.63. The molecule has 7 rings (SSSR count). The number of hydrogen-bond donors (Lipinski definition) is 0. The molecule has 3 aliphatic rings. The smallest absolute Gasteiger partial charge is 0.106 e. The molecule has 4 aromatic carbocycles. The lowest BCUT2D eigenvalue weighted by Crippen LogP contribution is -2.65. The van der Waals surface area contributed by atoms with Gasteiger partial charge in [0.25, 0.3) is 0 Å².